The van der Waals surface area contributed by atoms with E-state index in [1.807, 2.05) is 26.0 Å². The molecule has 2 atom stereocenters. The molecule has 0 saturated carbocycles. The second-order valence-corrected chi connectivity index (χ2v) is 6.93. The van der Waals surface area contributed by atoms with Crippen LogP contribution < -0.4 is 4.74 Å². The van der Waals surface area contributed by atoms with Gasteiger partial charge in [0.1, 0.15) is 0 Å². The van der Waals surface area contributed by atoms with Gasteiger partial charge in [-0.2, -0.15) is 5.21 Å². The summed E-state index contributed by atoms with van der Waals surface area (Å²) < 4.78 is 5.59. The molecule has 0 bridgehead atoms. The minimum absolute atomic E-state index is 0.225. The van der Waals surface area contributed by atoms with E-state index in [0.29, 0.717) is 30.4 Å². The smallest absolute Gasteiger partial charge is 0.307 e. The maximum absolute atomic E-state index is 11.9. The van der Waals surface area contributed by atoms with Crippen LogP contribution in [0.1, 0.15) is 37.6 Å². The average molecular weight is 382 g/mol. The number of pyridine rings is 2. The Morgan fingerprint density at radius 2 is 2.00 bits per heavy atom. The van der Waals surface area contributed by atoms with Crippen LogP contribution in [0.3, 0.4) is 0 Å². The summed E-state index contributed by atoms with van der Waals surface area (Å²) in [7, 11) is 0. The number of H-pyrrole nitrogens is 1. The number of ether oxygens (including phenoxy) is 1. The Morgan fingerprint density at radius 1 is 1.18 bits per heavy atom. The summed E-state index contributed by atoms with van der Waals surface area (Å²) in [4.78, 5) is 20.3. The minimum atomic E-state index is -0.869. The van der Waals surface area contributed by atoms with Crippen molar-refractivity contribution in [3.8, 4) is 11.8 Å². The second-order valence-electron chi connectivity index (χ2n) is 6.93. The van der Waals surface area contributed by atoms with Gasteiger partial charge in [-0.25, -0.2) is 9.97 Å². The highest BCUT2D eigenvalue weighted by atomic mass is 16.5. The fourth-order valence-corrected chi connectivity index (χ4v) is 3.05. The van der Waals surface area contributed by atoms with E-state index in [9.17, 15) is 9.90 Å². The third kappa shape index (κ3) is 5.09. The van der Waals surface area contributed by atoms with E-state index in [0.717, 1.165) is 5.56 Å². The zero-order chi connectivity index (χ0) is 19.9. The number of hydrogen-bond donors (Lipinski definition) is 2. The number of rotatable bonds is 9. The van der Waals surface area contributed by atoms with Gasteiger partial charge in [-0.15, -0.1) is 10.2 Å². The molecular formula is C19H22N6O3. The quantitative estimate of drug-likeness (QED) is 0.578. The van der Waals surface area contributed by atoms with Crippen molar-refractivity contribution >= 4 is 5.97 Å². The number of aliphatic carboxylic acids is 1. The van der Waals surface area contributed by atoms with E-state index < -0.39 is 17.8 Å². The molecule has 0 aromatic carbocycles. The van der Waals surface area contributed by atoms with Crippen molar-refractivity contribution in [2.45, 2.75) is 32.6 Å². The molecule has 146 valence electrons. The number of hydrogen-bond acceptors (Lipinski definition) is 7. The molecule has 3 heterocycles. The van der Waals surface area contributed by atoms with Crippen LogP contribution in [0.5, 0.6) is 11.8 Å². The number of carbonyl (C=O) groups is 1. The lowest BCUT2D eigenvalue weighted by molar-refractivity contribution is -0.143. The largest absolute Gasteiger partial charge is 0.481 e. The predicted octanol–water partition coefficient (Wildman–Crippen LogP) is 2.86. The third-order valence-electron chi connectivity index (χ3n) is 4.32. The molecule has 0 aliphatic heterocycles. The molecule has 3 aromatic rings. The van der Waals surface area contributed by atoms with E-state index in [1.54, 1.807) is 30.6 Å². The highest BCUT2D eigenvalue weighted by Gasteiger charge is 2.33. The minimum Gasteiger partial charge on any atom is -0.481 e. The van der Waals surface area contributed by atoms with Gasteiger partial charge >= 0.3 is 5.97 Å². The molecule has 0 unspecified atom stereocenters. The molecule has 28 heavy (non-hydrogen) atoms. The van der Waals surface area contributed by atoms with Gasteiger partial charge in [-0.3, -0.25) is 4.79 Å². The number of carboxylic acids is 1. The van der Waals surface area contributed by atoms with Crippen molar-refractivity contribution in [3.05, 3.63) is 54.1 Å². The lowest BCUT2D eigenvalue weighted by Crippen LogP contribution is -2.26. The highest BCUT2D eigenvalue weighted by molar-refractivity contribution is 5.71. The zero-order valence-electron chi connectivity index (χ0n) is 15.7. The number of nitrogens with zero attached hydrogens (tertiary/aromatic N) is 5. The molecule has 0 spiro atoms. The van der Waals surface area contributed by atoms with Gasteiger partial charge in [0.25, 0.3) is 0 Å². The van der Waals surface area contributed by atoms with Gasteiger partial charge in [0.2, 0.25) is 11.8 Å². The van der Waals surface area contributed by atoms with Gasteiger partial charge in [-0.1, -0.05) is 31.2 Å². The van der Waals surface area contributed by atoms with E-state index in [2.05, 4.69) is 30.6 Å². The fourth-order valence-electron chi connectivity index (χ4n) is 3.05. The summed E-state index contributed by atoms with van der Waals surface area (Å²) in [5, 5.41) is 23.8. The molecule has 0 aliphatic rings. The van der Waals surface area contributed by atoms with Crippen molar-refractivity contribution in [3.63, 3.8) is 0 Å². The van der Waals surface area contributed by atoms with Crippen LogP contribution in [0, 0.1) is 11.8 Å². The van der Waals surface area contributed by atoms with Crippen LogP contribution >= 0.6 is 0 Å². The number of aromatic amines is 1. The fraction of sp³-hybridized carbons (Fsp3) is 0.368. The molecule has 2 N–H and O–H groups in total. The number of aromatic nitrogens is 6. The van der Waals surface area contributed by atoms with Crippen LogP contribution in [0.4, 0.5) is 0 Å². The molecule has 3 aromatic heterocycles. The van der Waals surface area contributed by atoms with Crippen molar-refractivity contribution in [2.75, 3.05) is 0 Å². The normalized spacial score (nSPS) is 13.2. The van der Waals surface area contributed by atoms with Gasteiger partial charge in [0.15, 0.2) is 5.82 Å². The third-order valence-corrected chi connectivity index (χ3v) is 4.32. The Labute approximate surface area is 162 Å². The van der Waals surface area contributed by atoms with Gasteiger partial charge in [-0.05, 0) is 30.4 Å². The summed E-state index contributed by atoms with van der Waals surface area (Å²) >= 11 is 0. The topological polar surface area (TPSA) is 127 Å². The van der Waals surface area contributed by atoms with Crippen molar-refractivity contribution in [1.29, 1.82) is 0 Å². The molecule has 0 aliphatic carbocycles. The highest BCUT2D eigenvalue weighted by Crippen LogP contribution is 2.31. The maximum Gasteiger partial charge on any atom is 0.307 e. The van der Waals surface area contributed by atoms with E-state index in [-0.39, 0.29) is 5.92 Å². The summed E-state index contributed by atoms with van der Waals surface area (Å²) in [5.74, 6) is -0.424. The lowest BCUT2D eigenvalue weighted by Gasteiger charge is -2.22. The molecular weight excluding hydrogens is 360 g/mol. The molecule has 9 heteroatoms. The predicted molar refractivity (Wildman–Crippen MR) is 99.8 cm³/mol. The van der Waals surface area contributed by atoms with Crippen molar-refractivity contribution in [2.24, 2.45) is 11.8 Å². The molecule has 9 nitrogen and oxygen atoms in total. The molecule has 0 radical (unpaired) electrons. The maximum atomic E-state index is 11.9. The molecule has 0 saturated heterocycles. The Bertz CT molecular complexity index is 868. The Hall–Kier alpha value is -3.36. The van der Waals surface area contributed by atoms with Crippen LogP contribution in [-0.4, -0.2) is 41.7 Å². The number of carboxylic acid groups (broad SMARTS) is 1. The molecule has 0 fully saturated rings. The summed E-state index contributed by atoms with van der Waals surface area (Å²) in [6, 6.07) is 8.96. The first-order chi connectivity index (χ1) is 13.5. The Balaban J connectivity index is 1.78. The first-order valence-corrected chi connectivity index (χ1v) is 9.03. The molecule has 0 amide bonds. The summed E-state index contributed by atoms with van der Waals surface area (Å²) in [5.41, 5.74) is 0.859. The standard InChI is InChI=1S/C19H22N6O3/c1-12(2)9-15(19(26)27)14(18-22-24-25-23-18)10-13-6-7-17(21-11-13)28-16-5-3-4-8-20-16/h3-8,11-12,14-15H,9-10H2,1-2H3,(H,26,27)(H,22,23,24,25)/t14-,15-/m0/s1. The van der Waals surface area contributed by atoms with Gasteiger partial charge < -0.3 is 9.84 Å². The van der Waals surface area contributed by atoms with E-state index in [4.69, 9.17) is 4.74 Å². The first kappa shape index (κ1) is 19.4. The van der Waals surface area contributed by atoms with Gasteiger partial charge in [0.05, 0.1) is 5.92 Å². The SMILES string of the molecule is CC(C)C[C@H](C(=O)O)[C@H](Cc1ccc(Oc2ccccn2)nc1)c1nn[nH]n1. The zero-order valence-corrected chi connectivity index (χ0v) is 15.7. The molecule has 3 rings (SSSR count). The summed E-state index contributed by atoms with van der Waals surface area (Å²) in [6.45, 7) is 3.99. The van der Waals surface area contributed by atoms with Crippen LogP contribution in [0.25, 0.3) is 0 Å². The lowest BCUT2D eigenvalue weighted by atomic mass is 9.81. The van der Waals surface area contributed by atoms with Crippen molar-refractivity contribution in [1.82, 2.24) is 30.6 Å². The number of nitrogens with one attached hydrogen (secondary N) is 1. The average Bonchev–Trinajstić information content (AvgIpc) is 3.21. The monoisotopic (exact) mass is 382 g/mol. The van der Waals surface area contributed by atoms with Crippen molar-refractivity contribution < 1.29 is 14.6 Å². The van der Waals surface area contributed by atoms with Crippen LogP contribution in [0.15, 0.2) is 42.7 Å². The van der Waals surface area contributed by atoms with E-state index >= 15 is 0 Å². The van der Waals surface area contributed by atoms with Crippen LogP contribution in [0.2, 0.25) is 0 Å². The van der Waals surface area contributed by atoms with Gasteiger partial charge in [0, 0.05) is 30.4 Å². The second kappa shape index (κ2) is 9.03. The first-order valence-electron chi connectivity index (χ1n) is 9.03. The Kier molecular flexibility index (Phi) is 6.25. The van der Waals surface area contributed by atoms with E-state index in [1.165, 1.54) is 0 Å². The summed E-state index contributed by atoms with van der Waals surface area (Å²) in [6.07, 6.45) is 4.25. The number of tetrazole rings is 1. The Morgan fingerprint density at radius 3 is 2.57 bits per heavy atom. The van der Waals surface area contributed by atoms with Crippen LogP contribution in [-0.2, 0) is 11.2 Å².